The van der Waals surface area contributed by atoms with Gasteiger partial charge in [-0.3, -0.25) is 0 Å². The topological polar surface area (TPSA) is 20.2 Å². The van der Waals surface area contributed by atoms with E-state index in [1.54, 1.807) is 6.08 Å². The fourth-order valence-corrected chi connectivity index (χ4v) is 2.41. The average Bonchev–Trinajstić information content (AvgIpc) is 2.57. The van der Waals surface area contributed by atoms with E-state index in [0.29, 0.717) is 5.92 Å². The first-order valence-corrected chi connectivity index (χ1v) is 6.07. The lowest BCUT2D eigenvalue weighted by Crippen LogP contribution is -2.20. The Morgan fingerprint density at radius 1 is 1.62 bits per heavy atom. The molecule has 2 unspecified atom stereocenters. The van der Waals surface area contributed by atoms with Gasteiger partial charge >= 0.3 is 0 Å². The fraction of sp³-hybridized carbons (Fsp3) is 0.600. The minimum atomic E-state index is -0.741. The zero-order valence-corrected chi connectivity index (χ0v) is 10.8. The lowest BCUT2D eigenvalue weighted by atomic mass is 9.88. The van der Waals surface area contributed by atoms with Crippen LogP contribution in [0.2, 0.25) is 0 Å². The van der Waals surface area contributed by atoms with E-state index < -0.39 is 5.60 Å². The maximum atomic E-state index is 9.93. The normalized spacial score (nSPS) is 24.4. The van der Waals surface area contributed by atoms with Crippen LogP contribution < -0.4 is 0 Å². The van der Waals surface area contributed by atoms with Gasteiger partial charge in [-0.25, -0.2) is 0 Å². The molecule has 0 heterocycles. The van der Waals surface area contributed by atoms with Crippen molar-refractivity contribution in [1.82, 2.24) is 0 Å². The van der Waals surface area contributed by atoms with E-state index in [1.165, 1.54) is 29.6 Å². The van der Waals surface area contributed by atoms with Gasteiger partial charge < -0.3 is 5.11 Å². The van der Waals surface area contributed by atoms with Crippen LogP contribution in [-0.4, -0.2) is 10.7 Å². The third kappa shape index (κ3) is 3.08. The Kier molecular flexibility index (Phi) is 4.15. The van der Waals surface area contributed by atoms with Gasteiger partial charge in [-0.2, -0.15) is 0 Å². The summed E-state index contributed by atoms with van der Waals surface area (Å²) in [5.74, 6) is 0.542. The maximum absolute atomic E-state index is 9.93. The summed E-state index contributed by atoms with van der Waals surface area (Å²) in [7, 11) is 0. The number of rotatable bonds is 5. The number of allylic oxidation sites excluding steroid dienone is 3. The van der Waals surface area contributed by atoms with Crippen LogP contribution in [0.25, 0.3) is 0 Å². The average molecular weight is 220 g/mol. The summed E-state index contributed by atoms with van der Waals surface area (Å²) in [6.45, 7) is 13.9. The first-order valence-electron chi connectivity index (χ1n) is 6.07. The number of hydrogen-bond acceptors (Lipinski definition) is 1. The summed E-state index contributed by atoms with van der Waals surface area (Å²) in [4.78, 5) is 0. The molecule has 0 aromatic carbocycles. The van der Waals surface area contributed by atoms with E-state index in [-0.39, 0.29) is 0 Å². The molecule has 0 radical (unpaired) electrons. The van der Waals surface area contributed by atoms with Crippen LogP contribution in [0.15, 0.2) is 36.0 Å². The van der Waals surface area contributed by atoms with Gasteiger partial charge in [-0.1, -0.05) is 29.4 Å². The molecular formula is C15H24O. The van der Waals surface area contributed by atoms with Gasteiger partial charge in [0.2, 0.25) is 0 Å². The van der Waals surface area contributed by atoms with Crippen molar-refractivity contribution >= 4 is 0 Å². The molecule has 1 N–H and O–H groups in total. The van der Waals surface area contributed by atoms with Gasteiger partial charge in [-0.05, 0) is 46.5 Å². The highest BCUT2D eigenvalue weighted by atomic mass is 16.3. The monoisotopic (exact) mass is 220 g/mol. The van der Waals surface area contributed by atoms with Crippen LogP contribution in [0.5, 0.6) is 0 Å². The molecule has 90 valence electrons. The molecule has 0 saturated heterocycles. The second-order valence-electron chi connectivity index (χ2n) is 5.30. The van der Waals surface area contributed by atoms with Crippen LogP contribution in [0.1, 0.15) is 46.5 Å². The van der Waals surface area contributed by atoms with Crippen molar-refractivity contribution in [2.24, 2.45) is 5.92 Å². The molecule has 16 heavy (non-hydrogen) atoms. The predicted molar refractivity (Wildman–Crippen MR) is 70.3 cm³/mol. The van der Waals surface area contributed by atoms with Gasteiger partial charge in [0, 0.05) is 5.92 Å². The Labute approximate surface area is 99.6 Å². The molecule has 0 bridgehead atoms. The molecule has 0 spiro atoms. The SMILES string of the molecule is C=CC(C)(O)CCC1=C(C)CCC1C(=C)C. The second kappa shape index (κ2) is 5.01. The molecule has 0 amide bonds. The van der Waals surface area contributed by atoms with Crippen molar-refractivity contribution < 1.29 is 5.11 Å². The lowest BCUT2D eigenvalue weighted by Gasteiger charge is -2.22. The van der Waals surface area contributed by atoms with E-state index in [9.17, 15) is 5.11 Å². The van der Waals surface area contributed by atoms with Gasteiger partial charge in [0.25, 0.3) is 0 Å². The maximum Gasteiger partial charge on any atom is 0.0800 e. The molecule has 1 heteroatoms. The fourth-order valence-electron chi connectivity index (χ4n) is 2.41. The predicted octanol–water partition coefficient (Wildman–Crippen LogP) is 4.01. The van der Waals surface area contributed by atoms with Gasteiger partial charge in [0.05, 0.1) is 5.60 Å². The van der Waals surface area contributed by atoms with E-state index in [1.807, 2.05) is 6.92 Å². The highest BCUT2D eigenvalue weighted by Gasteiger charge is 2.25. The first-order chi connectivity index (χ1) is 7.37. The van der Waals surface area contributed by atoms with Crippen molar-refractivity contribution in [2.45, 2.75) is 52.1 Å². The summed E-state index contributed by atoms with van der Waals surface area (Å²) in [6, 6.07) is 0. The Morgan fingerprint density at radius 3 is 2.75 bits per heavy atom. The van der Waals surface area contributed by atoms with Crippen molar-refractivity contribution in [2.75, 3.05) is 0 Å². The van der Waals surface area contributed by atoms with Gasteiger partial charge in [-0.15, -0.1) is 6.58 Å². The molecule has 0 fully saturated rings. The summed E-state index contributed by atoms with van der Waals surface area (Å²) < 4.78 is 0. The molecule has 1 aliphatic rings. The highest BCUT2D eigenvalue weighted by Crippen LogP contribution is 2.39. The summed E-state index contributed by atoms with van der Waals surface area (Å²) >= 11 is 0. The smallest absolute Gasteiger partial charge is 0.0800 e. The summed E-state index contributed by atoms with van der Waals surface area (Å²) in [6.07, 6.45) is 5.73. The molecule has 0 aliphatic heterocycles. The Morgan fingerprint density at radius 2 is 2.25 bits per heavy atom. The standard InChI is InChI=1S/C15H24O/c1-6-15(5,16)10-9-14-12(4)7-8-13(14)11(2)3/h6,13,16H,1-2,7-10H2,3-5H3. The Hall–Kier alpha value is -0.820. The van der Waals surface area contributed by atoms with Crippen molar-refractivity contribution in [3.8, 4) is 0 Å². The van der Waals surface area contributed by atoms with Crippen LogP contribution in [0.3, 0.4) is 0 Å². The zero-order chi connectivity index (χ0) is 12.3. The highest BCUT2D eigenvalue weighted by molar-refractivity contribution is 5.28. The third-order valence-corrected chi connectivity index (χ3v) is 3.71. The zero-order valence-electron chi connectivity index (χ0n) is 10.8. The van der Waals surface area contributed by atoms with Crippen LogP contribution in [0.4, 0.5) is 0 Å². The van der Waals surface area contributed by atoms with E-state index in [2.05, 4.69) is 27.0 Å². The largest absolute Gasteiger partial charge is 0.386 e. The second-order valence-corrected chi connectivity index (χ2v) is 5.30. The minimum absolute atomic E-state index is 0.542. The third-order valence-electron chi connectivity index (χ3n) is 3.71. The molecule has 2 atom stereocenters. The molecular weight excluding hydrogens is 196 g/mol. The quantitative estimate of drug-likeness (QED) is 0.694. The molecule has 0 aromatic rings. The van der Waals surface area contributed by atoms with Crippen LogP contribution in [0, 0.1) is 5.92 Å². The van der Waals surface area contributed by atoms with E-state index in [4.69, 9.17) is 0 Å². The van der Waals surface area contributed by atoms with Crippen molar-refractivity contribution in [1.29, 1.82) is 0 Å². The Bertz CT molecular complexity index is 320. The number of aliphatic hydroxyl groups is 1. The van der Waals surface area contributed by atoms with Gasteiger partial charge in [0.1, 0.15) is 0 Å². The summed E-state index contributed by atoms with van der Waals surface area (Å²) in [5.41, 5.74) is 3.50. The molecule has 1 nitrogen and oxygen atoms in total. The molecule has 0 aromatic heterocycles. The van der Waals surface area contributed by atoms with Crippen molar-refractivity contribution in [3.05, 3.63) is 36.0 Å². The molecule has 0 saturated carbocycles. The van der Waals surface area contributed by atoms with Gasteiger partial charge in [0.15, 0.2) is 0 Å². The molecule has 1 rings (SSSR count). The minimum Gasteiger partial charge on any atom is -0.386 e. The number of hydrogen-bond donors (Lipinski definition) is 1. The Balaban J connectivity index is 2.68. The molecule has 1 aliphatic carbocycles. The van der Waals surface area contributed by atoms with E-state index in [0.717, 1.165) is 12.8 Å². The van der Waals surface area contributed by atoms with E-state index >= 15 is 0 Å². The van der Waals surface area contributed by atoms with Crippen molar-refractivity contribution in [3.63, 3.8) is 0 Å². The lowest BCUT2D eigenvalue weighted by molar-refractivity contribution is 0.102. The van der Waals surface area contributed by atoms with Crippen LogP contribution >= 0.6 is 0 Å². The van der Waals surface area contributed by atoms with Crippen LogP contribution in [-0.2, 0) is 0 Å². The summed E-state index contributed by atoms with van der Waals surface area (Å²) in [5, 5.41) is 9.93. The first kappa shape index (κ1) is 13.2.